The number of anilines is 1. The smallest absolute Gasteiger partial charge is 0.238 e. The van der Waals surface area contributed by atoms with Crippen LogP contribution < -0.4 is 5.32 Å². The number of carbonyl (C=O) groups excluding carboxylic acids is 2. The summed E-state index contributed by atoms with van der Waals surface area (Å²) in [6.07, 6.45) is 2.01. The maximum Gasteiger partial charge on any atom is 0.238 e. The van der Waals surface area contributed by atoms with E-state index >= 15 is 0 Å². The van der Waals surface area contributed by atoms with E-state index in [1.54, 1.807) is 18.3 Å². The molecule has 2 amide bonds. The maximum absolute atomic E-state index is 12.7. The Kier molecular flexibility index (Phi) is 5.85. The number of nitrogens with zero attached hydrogens (tertiary/aromatic N) is 3. The fourth-order valence-corrected chi connectivity index (χ4v) is 4.67. The highest BCUT2D eigenvalue weighted by molar-refractivity contribution is 8.01. The number of fused-ring (bicyclic) bond motifs is 1. The predicted molar refractivity (Wildman–Crippen MR) is 110 cm³/mol. The molecule has 1 fully saturated rings. The zero-order valence-electron chi connectivity index (χ0n) is 15.3. The summed E-state index contributed by atoms with van der Waals surface area (Å²) in [6.45, 7) is 3.78. The minimum atomic E-state index is -0.410. The molecule has 28 heavy (non-hydrogen) atoms. The van der Waals surface area contributed by atoms with Gasteiger partial charge in [0.15, 0.2) is 0 Å². The summed E-state index contributed by atoms with van der Waals surface area (Å²) < 4.78 is 0. The fraction of sp³-hybridized carbons (Fsp3) is 0.350. The van der Waals surface area contributed by atoms with Gasteiger partial charge in [0.2, 0.25) is 11.8 Å². The largest absolute Gasteiger partial charge is 0.340 e. The van der Waals surface area contributed by atoms with Gasteiger partial charge in [-0.15, -0.1) is 11.8 Å². The van der Waals surface area contributed by atoms with E-state index in [1.807, 2.05) is 29.2 Å². The van der Waals surface area contributed by atoms with Crippen LogP contribution >= 0.6 is 23.4 Å². The number of piperazine rings is 1. The number of carbonyl (C=O) groups is 2. The predicted octanol–water partition coefficient (Wildman–Crippen LogP) is 2.88. The quantitative estimate of drug-likeness (QED) is 0.830. The zero-order valence-corrected chi connectivity index (χ0v) is 16.9. The van der Waals surface area contributed by atoms with Crippen molar-refractivity contribution in [2.45, 2.75) is 23.1 Å². The highest BCUT2D eigenvalue weighted by Gasteiger charge is 2.31. The van der Waals surface area contributed by atoms with E-state index in [0.717, 1.165) is 30.2 Å². The van der Waals surface area contributed by atoms with Crippen molar-refractivity contribution >= 4 is 40.9 Å². The molecule has 0 radical (unpaired) electrons. The van der Waals surface area contributed by atoms with Gasteiger partial charge >= 0.3 is 0 Å². The summed E-state index contributed by atoms with van der Waals surface area (Å²) in [5.74, 6) is -0.107. The van der Waals surface area contributed by atoms with E-state index < -0.39 is 5.25 Å². The van der Waals surface area contributed by atoms with Crippen molar-refractivity contribution in [2.24, 2.45) is 0 Å². The highest BCUT2D eigenvalue weighted by Crippen LogP contribution is 2.38. The lowest BCUT2D eigenvalue weighted by Crippen LogP contribution is -2.49. The first-order valence-electron chi connectivity index (χ1n) is 9.25. The number of hydrogen-bond donors (Lipinski definition) is 1. The van der Waals surface area contributed by atoms with Crippen molar-refractivity contribution in [2.75, 3.05) is 31.5 Å². The first-order chi connectivity index (χ1) is 13.6. The highest BCUT2D eigenvalue weighted by atomic mass is 35.5. The summed E-state index contributed by atoms with van der Waals surface area (Å²) >= 11 is 7.41. The summed E-state index contributed by atoms with van der Waals surface area (Å²) in [5.41, 5.74) is 1.76. The molecule has 1 aromatic heterocycles. The molecular weight excluding hydrogens is 396 g/mol. The molecule has 0 saturated carbocycles. The fourth-order valence-electron chi connectivity index (χ4n) is 3.42. The van der Waals surface area contributed by atoms with E-state index in [9.17, 15) is 9.59 Å². The minimum Gasteiger partial charge on any atom is -0.340 e. The first kappa shape index (κ1) is 19.2. The molecule has 146 valence electrons. The van der Waals surface area contributed by atoms with E-state index in [2.05, 4.69) is 15.2 Å². The second-order valence-electron chi connectivity index (χ2n) is 6.92. The van der Waals surface area contributed by atoms with Gasteiger partial charge in [0, 0.05) is 55.3 Å². The molecule has 1 saturated heterocycles. The molecule has 1 atom stereocenters. The van der Waals surface area contributed by atoms with Crippen molar-refractivity contribution < 1.29 is 9.59 Å². The van der Waals surface area contributed by atoms with E-state index in [-0.39, 0.29) is 18.2 Å². The van der Waals surface area contributed by atoms with Gasteiger partial charge in [-0.25, -0.2) is 0 Å². The number of halogens is 1. The van der Waals surface area contributed by atoms with Crippen LogP contribution in [0.5, 0.6) is 0 Å². The van der Waals surface area contributed by atoms with Gasteiger partial charge in [-0.3, -0.25) is 19.5 Å². The third-order valence-corrected chi connectivity index (χ3v) is 6.47. The van der Waals surface area contributed by atoms with Crippen LogP contribution in [0.25, 0.3) is 0 Å². The molecule has 4 rings (SSSR count). The molecule has 0 bridgehead atoms. The molecule has 8 heteroatoms. The lowest BCUT2D eigenvalue weighted by atomic mass is 10.2. The molecule has 2 aliphatic rings. The van der Waals surface area contributed by atoms with Crippen LogP contribution in [-0.4, -0.2) is 58.0 Å². The summed E-state index contributed by atoms with van der Waals surface area (Å²) in [6, 6.07) is 11.3. The molecule has 0 aliphatic carbocycles. The van der Waals surface area contributed by atoms with Crippen LogP contribution in [0.3, 0.4) is 0 Å². The van der Waals surface area contributed by atoms with Gasteiger partial charge in [-0.1, -0.05) is 17.7 Å². The number of rotatable bonds is 4. The number of benzene rings is 1. The molecular formula is C20H21ClN4O2S. The molecule has 1 unspecified atom stereocenters. The molecule has 0 spiro atoms. The Bertz CT molecular complexity index is 872. The Balaban J connectivity index is 1.30. The average Bonchev–Trinajstić information content (AvgIpc) is 2.70. The molecule has 3 heterocycles. The Hall–Kier alpha value is -2.09. The zero-order chi connectivity index (χ0) is 19.5. The SMILES string of the molecule is O=C1Nc2cc(Cl)ccc2SC1CC(=O)N1CCN(Cc2ccccn2)CC1. The summed E-state index contributed by atoms with van der Waals surface area (Å²) in [7, 11) is 0. The van der Waals surface area contributed by atoms with Gasteiger partial charge in [0.1, 0.15) is 0 Å². The number of pyridine rings is 1. The number of nitrogens with one attached hydrogen (secondary N) is 1. The Morgan fingerprint density at radius 2 is 2.04 bits per heavy atom. The molecule has 6 nitrogen and oxygen atoms in total. The van der Waals surface area contributed by atoms with Crippen LogP contribution in [0.2, 0.25) is 5.02 Å². The van der Waals surface area contributed by atoms with Crippen molar-refractivity contribution in [3.05, 3.63) is 53.3 Å². The molecule has 2 aliphatic heterocycles. The van der Waals surface area contributed by atoms with E-state index in [1.165, 1.54) is 11.8 Å². The van der Waals surface area contributed by atoms with Crippen molar-refractivity contribution in [1.29, 1.82) is 0 Å². The summed E-state index contributed by atoms with van der Waals surface area (Å²) in [5, 5.41) is 3.04. The maximum atomic E-state index is 12.7. The third kappa shape index (κ3) is 4.48. The lowest BCUT2D eigenvalue weighted by Gasteiger charge is -2.35. The van der Waals surface area contributed by atoms with Crippen LogP contribution in [0, 0.1) is 0 Å². The van der Waals surface area contributed by atoms with Crippen molar-refractivity contribution in [1.82, 2.24) is 14.8 Å². The van der Waals surface area contributed by atoms with Crippen molar-refractivity contribution in [3.8, 4) is 0 Å². The van der Waals surface area contributed by atoms with Gasteiger partial charge in [0.25, 0.3) is 0 Å². The molecule has 1 aromatic carbocycles. The van der Waals surface area contributed by atoms with Crippen LogP contribution in [0.15, 0.2) is 47.5 Å². The minimum absolute atomic E-state index is 0.0301. The van der Waals surface area contributed by atoms with E-state index in [4.69, 9.17) is 11.6 Å². The summed E-state index contributed by atoms with van der Waals surface area (Å²) in [4.78, 5) is 34.6. The monoisotopic (exact) mass is 416 g/mol. The average molecular weight is 417 g/mol. The number of thioether (sulfide) groups is 1. The molecule has 1 N–H and O–H groups in total. The topological polar surface area (TPSA) is 65.5 Å². The lowest BCUT2D eigenvalue weighted by molar-refractivity contribution is -0.134. The van der Waals surface area contributed by atoms with Gasteiger partial charge in [-0.05, 0) is 30.3 Å². The van der Waals surface area contributed by atoms with Crippen LogP contribution in [0.4, 0.5) is 5.69 Å². The normalized spacial score (nSPS) is 19.8. The van der Waals surface area contributed by atoms with Gasteiger partial charge in [-0.2, -0.15) is 0 Å². The second-order valence-corrected chi connectivity index (χ2v) is 8.60. The van der Waals surface area contributed by atoms with Gasteiger partial charge < -0.3 is 10.2 Å². The van der Waals surface area contributed by atoms with E-state index in [0.29, 0.717) is 23.8 Å². The number of hydrogen-bond acceptors (Lipinski definition) is 5. The number of amides is 2. The Labute approximate surface area is 173 Å². The van der Waals surface area contributed by atoms with Crippen LogP contribution in [-0.2, 0) is 16.1 Å². The second kappa shape index (κ2) is 8.51. The Morgan fingerprint density at radius 3 is 2.79 bits per heavy atom. The molecule has 2 aromatic rings. The van der Waals surface area contributed by atoms with Crippen LogP contribution in [0.1, 0.15) is 12.1 Å². The standard InChI is InChI=1S/C20H21ClN4O2S/c21-14-4-5-17-16(11-14)23-20(27)18(28-17)12-19(26)25-9-7-24(8-10-25)13-15-3-1-2-6-22-15/h1-6,11,18H,7-10,12-13H2,(H,23,27). The Morgan fingerprint density at radius 1 is 1.21 bits per heavy atom. The first-order valence-corrected chi connectivity index (χ1v) is 10.5. The van der Waals surface area contributed by atoms with Crippen molar-refractivity contribution in [3.63, 3.8) is 0 Å². The van der Waals surface area contributed by atoms with Gasteiger partial charge in [0.05, 0.1) is 16.6 Å². The number of aromatic nitrogens is 1. The third-order valence-electron chi connectivity index (χ3n) is 4.96.